The molecule has 3 aromatic rings. The molecule has 0 radical (unpaired) electrons. The lowest BCUT2D eigenvalue weighted by Crippen LogP contribution is -2.26. The first-order valence-electron chi connectivity index (χ1n) is 9.78. The second kappa shape index (κ2) is 8.12. The van der Waals surface area contributed by atoms with Crippen molar-refractivity contribution in [2.75, 3.05) is 12.4 Å². The zero-order chi connectivity index (χ0) is 22.2. The number of pyridine rings is 1. The first-order chi connectivity index (χ1) is 14.8. The largest absolute Gasteiger partial charge is 0.495 e. The summed E-state index contributed by atoms with van der Waals surface area (Å²) >= 11 is 0. The number of hydrogen-bond donors (Lipinski definition) is 2. The van der Waals surface area contributed by atoms with Gasteiger partial charge in [0.05, 0.1) is 29.0 Å². The van der Waals surface area contributed by atoms with Crippen LogP contribution in [0, 0.1) is 13.8 Å². The van der Waals surface area contributed by atoms with Crippen molar-refractivity contribution in [3.8, 4) is 11.6 Å². The number of carbonyl (C=O) groups excluding carboxylic acids is 1. The summed E-state index contributed by atoms with van der Waals surface area (Å²) in [4.78, 5) is 17.1. The molecule has 162 valence electrons. The first kappa shape index (κ1) is 21.0. The van der Waals surface area contributed by atoms with Crippen molar-refractivity contribution in [1.29, 1.82) is 0 Å². The topological polar surface area (TPSA) is 115 Å². The van der Waals surface area contributed by atoms with Gasteiger partial charge in [0.2, 0.25) is 10.0 Å². The maximum absolute atomic E-state index is 12.8. The van der Waals surface area contributed by atoms with Crippen molar-refractivity contribution in [1.82, 2.24) is 19.5 Å². The van der Waals surface area contributed by atoms with E-state index in [1.54, 1.807) is 16.8 Å². The molecular weight excluding hydrogens is 418 g/mol. The van der Waals surface area contributed by atoms with Crippen LogP contribution in [0.5, 0.6) is 5.75 Å². The molecule has 0 spiro atoms. The minimum Gasteiger partial charge on any atom is -0.495 e. The highest BCUT2D eigenvalue weighted by Gasteiger charge is 2.28. The molecule has 2 aromatic heterocycles. The fourth-order valence-corrected chi connectivity index (χ4v) is 4.47. The van der Waals surface area contributed by atoms with E-state index in [-0.39, 0.29) is 16.6 Å². The molecule has 10 heteroatoms. The quantitative estimate of drug-likeness (QED) is 0.582. The second-order valence-electron chi connectivity index (χ2n) is 7.46. The highest BCUT2D eigenvalue weighted by molar-refractivity contribution is 7.89. The van der Waals surface area contributed by atoms with Gasteiger partial charge in [-0.3, -0.25) is 4.79 Å². The maximum atomic E-state index is 12.8. The summed E-state index contributed by atoms with van der Waals surface area (Å²) < 4.78 is 34.6. The molecule has 0 aliphatic heterocycles. The Morgan fingerprint density at radius 3 is 2.52 bits per heavy atom. The molecule has 31 heavy (non-hydrogen) atoms. The minimum atomic E-state index is -3.66. The third-order valence-corrected chi connectivity index (χ3v) is 6.38. The van der Waals surface area contributed by atoms with Gasteiger partial charge in [-0.2, -0.15) is 5.10 Å². The van der Waals surface area contributed by atoms with Crippen molar-refractivity contribution in [2.24, 2.45) is 0 Å². The predicted molar refractivity (Wildman–Crippen MR) is 115 cm³/mol. The Hall–Kier alpha value is -3.24. The zero-order valence-electron chi connectivity index (χ0n) is 17.4. The minimum absolute atomic E-state index is 0.0167. The smallest absolute Gasteiger partial charge is 0.257 e. The van der Waals surface area contributed by atoms with Crippen LogP contribution in [0.2, 0.25) is 0 Å². The Bertz CT molecular complexity index is 1230. The zero-order valence-corrected chi connectivity index (χ0v) is 18.2. The van der Waals surface area contributed by atoms with Crippen LogP contribution in [0.15, 0.2) is 47.5 Å². The third-order valence-electron chi connectivity index (χ3n) is 4.87. The van der Waals surface area contributed by atoms with Gasteiger partial charge in [-0.1, -0.05) is 0 Å². The Kier molecular flexibility index (Phi) is 5.50. The van der Waals surface area contributed by atoms with E-state index < -0.39 is 15.9 Å². The van der Waals surface area contributed by atoms with E-state index in [0.29, 0.717) is 17.1 Å². The molecule has 4 rings (SSSR count). The summed E-state index contributed by atoms with van der Waals surface area (Å²) in [6, 6.07) is 9.61. The van der Waals surface area contributed by atoms with Gasteiger partial charge >= 0.3 is 0 Å². The Morgan fingerprint density at radius 1 is 1.16 bits per heavy atom. The molecule has 1 aliphatic carbocycles. The van der Waals surface area contributed by atoms with Gasteiger partial charge < -0.3 is 10.1 Å². The van der Waals surface area contributed by atoms with Gasteiger partial charge in [-0.05, 0) is 63.1 Å². The van der Waals surface area contributed by atoms with Gasteiger partial charge in [-0.15, -0.1) is 0 Å². The van der Waals surface area contributed by atoms with Crippen molar-refractivity contribution in [3.63, 3.8) is 0 Å². The third kappa shape index (κ3) is 4.59. The lowest BCUT2D eigenvalue weighted by Gasteiger charge is -2.13. The standard InChI is InChI=1S/C21H23N5O4S/c1-13-10-14(2)26(24-13)20-9-4-15(12-22-20)21(27)23-18-11-17(7-8-19(18)30-3)31(28,29)25-16-5-6-16/h4,7-12,16,25H,5-6H2,1-3H3,(H,23,27). The van der Waals surface area contributed by atoms with Crippen LogP contribution in [0.3, 0.4) is 0 Å². The number of hydrogen-bond acceptors (Lipinski definition) is 6. The van der Waals surface area contributed by atoms with Crippen LogP contribution in [-0.4, -0.2) is 42.2 Å². The Balaban J connectivity index is 1.56. The molecule has 2 N–H and O–H groups in total. The van der Waals surface area contributed by atoms with Crippen molar-refractivity contribution >= 4 is 21.6 Å². The summed E-state index contributed by atoms with van der Waals surface area (Å²) in [5.41, 5.74) is 2.38. The number of anilines is 1. The normalized spacial score (nSPS) is 13.8. The van der Waals surface area contributed by atoms with Crippen molar-refractivity contribution in [3.05, 3.63) is 59.5 Å². The SMILES string of the molecule is COc1ccc(S(=O)(=O)NC2CC2)cc1NC(=O)c1ccc(-n2nc(C)cc2C)nc1. The van der Waals surface area contributed by atoms with Gasteiger partial charge in [0.25, 0.3) is 5.91 Å². The van der Waals surface area contributed by atoms with E-state index in [1.165, 1.54) is 31.5 Å². The lowest BCUT2D eigenvalue weighted by atomic mass is 10.2. The van der Waals surface area contributed by atoms with E-state index in [9.17, 15) is 13.2 Å². The number of methoxy groups -OCH3 is 1. The fraction of sp³-hybridized carbons (Fsp3) is 0.286. The number of amides is 1. The van der Waals surface area contributed by atoms with Crippen LogP contribution in [0.1, 0.15) is 34.6 Å². The summed E-state index contributed by atoms with van der Waals surface area (Å²) in [5.74, 6) is 0.514. The molecule has 0 unspecified atom stereocenters. The number of benzene rings is 1. The predicted octanol–water partition coefficient (Wildman–Crippen LogP) is 2.59. The van der Waals surface area contributed by atoms with E-state index in [2.05, 4.69) is 20.1 Å². The monoisotopic (exact) mass is 441 g/mol. The van der Waals surface area contributed by atoms with Crippen molar-refractivity contribution < 1.29 is 17.9 Å². The van der Waals surface area contributed by atoms with Gasteiger partial charge in [0, 0.05) is 17.9 Å². The second-order valence-corrected chi connectivity index (χ2v) is 9.17. The molecule has 1 saturated carbocycles. The first-order valence-corrected chi connectivity index (χ1v) is 11.3. The number of nitrogens with one attached hydrogen (secondary N) is 2. The molecule has 1 aromatic carbocycles. The number of ether oxygens (including phenoxy) is 1. The van der Waals surface area contributed by atoms with Gasteiger partial charge in [0.15, 0.2) is 5.82 Å². The van der Waals surface area contributed by atoms with Crippen LogP contribution in [0.25, 0.3) is 5.82 Å². The van der Waals surface area contributed by atoms with Crippen LogP contribution >= 0.6 is 0 Å². The molecular formula is C21H23N5O4S. The molecule has 9 nitrogen and oxygen atoms in total. The molecule has 0 bridgehead atoms. The Morgan fingerprint density at radius 2 is 1.94 bits per heavy atom. The summed E-state index contributed by atoms with van der Waals surface area (Å²) in [5, 5.41) is 7.09. The maximum Gasteiger partial charge on any atom is 0.257 e. The number of aromatic nitrogens is 3. The lowest BCUT2D eigenvalue weighted by molar-refractivity contribution is 0.102. The Labute approximate surface area is 180 Å². The van der Waals surface area contributed by atoms with E-state index in [4.69, 9.17) is 4.74 Å². The van der Waals surface area contributed by atoms with Gasteiger partial charge in [0.1, 0.15) is 5.75 Å². The molecule has 0 atom stereocenters. The molecule has 1 aliphatic rings. The van der Waals surface area contributed by atoms with E-state index >= 15 is 0 Å². The fourth-order valence-electron chi connectivity index (χ4n) is 3.14. The average Bonchev–Trinajstić information content (AvgIpc) is 3.48. The highest BCUT2D eigenvalue weighted by Crippen LogP contribution is 2.29. The summed E-state index contributed by atoms with van der Waals surface area (Å²) in [6.45, 7) is 3.82. The molecule has 0 saturated heterocycles. The molecule has 1 amide bonds. The van der Waals surface area contributed by atoms with E-state index in [0.717, 1.165) is 24.2 Å². The number of rotatable bonds is 7. The molecule has 2 heterocycles. The van der Waals surface area contributed by atoms with Crippen LogP contribution < -0.4 is 14.8 Å². The number of sulfonamides is 1. The molecule has 1 fully saturated rings. The number of carbonyl (C=O) groups is 1. The average molecular weight is 442 g/mol. The number of aryl methyl sites for hydroxylation is 2. The summed E-state index contributed by atoms with van der Waals surface area (Å²) in [6.07, 6.45) is 3.11. The van der Waals surface area contributed by atoms with Crippen molar-refractivity contribution in [2.45, 2.75) is 37.6 Å². The van der Waals surface area contributed by atoms with E-state index in [1.807, 2.05) is 19.9 Å². The highest BCUT2D eigenvalue weighted by atomic mass is 32.2. The van der Waals surface area contributed by atoms with Crippen LogP contribution in [0.4, 0.5) is 5.69 Å². The van der Waals surface area contributed by atoms with Crippen LogP contribution in [-0.2, 0) is 10.0 Å². The summed E-state index contributed by atoms with van der Waals surface area (Å²) in [7, 11) is -2.21. The van der Waals surface area contributed by atoms with Gasteiger partial charge in [-0.25, -0.2) is 22.8 Å². The number of nitrogens with zero attached hydrogens (tertiary/aromatic N) is 3.